The van der Waals surface area contributed by atoms with Crippen molar-refractivity contribution in [3.05, 3.63) is 48.3 Å². The van der Waals surface area contributed by atoms with E-state index in [9.17, 15) is 0 Å². The Labute approximate surface area is 76.3 Å². The van der Waals surface area contributed by atoms with Crippen molar-refractivity contribution in [3.8, 4) is 5.69 Å². The van der Waals surface area contributed by atoms with Crippen molar-refractivity contribution in [1.29, 1.82) is 0 Å². The molecule has 0 saturated carbocycles. The van der Waals surface area contributed by atoms with Gasteiger partial charge in [0.1, 0.15) is 0 Å². The van der Waals surface area contributed by atoms with Gasteiger partial charge >= 0.3 is 0 Å². The summed E-state index contributed by atoms with van der Waals surface area (Å²) in [6.45, 7) is 0.0377. The van der Waals surface area contributed by atoms with Crippen molar-refractivity contribution in [2.24, 2.45) is 0 Å². The molecule has 0 spiro atoms. The van der Waals surface area contributed by atoms with E-state index >= 15 is 0 Å². The van der Waals surface area contributed by atoms with E-state index in [1.54, 1.807) is 10.9 Å². The number of aromatic nitrogens is 2. The fraction of sp³-hybridized carbons (Fsp3) is 0.100. The zero-order valence-corrected chi connectivity index (χ0v) is 7.09. The third-order valence-electron chi connectivity index (χ3n) is 1.91. The van der Waals surface area contributed by atoms with Crippen molar-refractivity contribution < 1.29 is 5.11 Å². The van der Waals surface area contributed by atoms with Crippen LogP contribution in [-0.2, 0) is 6.61 Å². The first-order valence-electron chi connectivity index (χ1n) is 4.10. The lowest BCUT2D eigenvalue weighted by Gasteiger charge is -2.05. The molecule has 0 aliphatic heterocycles. The van der Waals surface area contributed by atoms with Crippen molar-refractivity contribution in [2.45, 2.75) is 6.61 Å². The maximum Gasteiger partial charge on any atom is 0.0702 e. The molecular weight excluding hydrogens is 164 g/mol. The summed E-state index contributed by atoms with van der Waals surface area (Å²) in [5.41, 5.74) is 1.81. The molecule has 2 rings (SSSR count). The van der Waals surface area contributed by atoms with Crippen LogP contribution in [0.4, 0.5) is 0 Å². The molecule has 1 heterocycles. The van der Waals surface area contributed by atoms with Gasteiger partial charge in [0.25, 0.3) is 0 Å². The summed E-state index contributed by atoms with van der Waals surface area (Å²) in [5.74, 6) is 0. The highest BCUT2D eigenvalue weighted by atomic mass is 16.3. The summed E-state index contributed by atoms with van der Waals surface area (Å²) in [6, 6.07) is 9.50. The highest BCUT2D eigenvalue weighted by Crippen LogP contribution is 2.12. The van der Waals surface area contributed by atoms with Gasteiger partial charge in [-0.15, -0.1) is 0 Å². The first-order chi connectivity index (χ1) is 6.42. The highest BCUT2D eigenvalue weighted by Gasteiger charge is 2.01. The number of para-hydroxylation sites is 1. The van der Waals surface area contributed by atoms with E-state index in [0.29, 0.717) is 0 Å². The lowest BCUT2D eigenvalue weighted by molar-refractivity contribution is 0.281. The highest BCUT2D eigenvalue weighted by molar-refractivity contribution is 5.39. The topological polar surface area (TPSA) is 38.0 Å². The predicted octanol–water partition coefficient (Wildman–Crippen LogP) is 1.36. The first-order valence-corrected chi connectivity index (χ1v) is 4.10. The van der Waals surface area contributed by atoms with Gasteiger partial charge in [-0.3, -0.25) is 0 Å². The molecule has 3 heteroatoms. The number of hydrogen-bond acceptors (Lipinski definition) is 2. The van der Waals surface area contributed by atoms with E-state index in [0.717, 1.165) is 11.3 Å². The number of benzene rings is 1. The minimum atomic E-state index is 0.0377. The summed E-state index contributed by atoms with van der Waals surface area (Å²) in [5, 5.41) is 13.2. The average molecular weight is 174 g/mol. The summed E-state index contributed by atoms with van der Waals surface area (Å²) in [4.78, 5) is 0. The zero-order chi connectivity index (χ0) is 9.10. The molecule has 1 aromatic heterocycles. The van der Waals surface area contributed by atoms with Gasteiger partial charge < -0.3 is 5.11 Å². The Balaban J connectivity index is 2.51. The van der Waals surface area contributed by atoms with Crippen LogP contribution in [0.2, 0.25) is 0 Å². The van der Waals surface area contributed by atoms with Crippen molar-refractivity contribution in [1.82, 2.24) is 9.78 Å². The standard InChI is InChI=1S/C10H10N2O/c13-8-9-4-1-2-5-10(9)12-7-3-6-11-12/h1-7,13H,8H2. The van der Waals surface area contributed by atoms with E-state index < -0.39 is 0 Å². The molecule has 0 aliphatic rings. The van der Waals surface area contributed by atoms with Crippen molar-refractivity contribution in [3.63, 3.8) is 0 Å². The van der Waals surface area contributed by atoms with Crippen LogP contribution in [0.3, 0.4) is 0 Å². The molecule has 1 aromatic carbocycles. The van der Waals surface area contributed by atoms with Gasteiger partial charge in [0.15, 0.2) is 0 Å². The maximum absolute atomic E-state index is 9.08. The van der Waals surface area contributed by atoms with E-state index in [4.69, 9.17) is 5.11 Å². The molecule has 0 radical (unpaired) electrons. The molecule has 0 bridgehead atoms. The molecule has 1 N–H and O–H groups in total. The lowest BCUT2D eigenvalue weighted by Crippen LogP contribution is -1.99. The smallest absolute Gasteiger partial charge is 0.0702 e. The Morgan fingerprint density at radius 2 is 2.08 bits per heavy atom. The van der Waals surface area contributed by atoms with Gasteiger partial charge in [-0.1, -0.05) is 18.2 Å². The fourth-order valence-corrected chi connectivity index (χ4v) is 1.28. The van der Waals surface area contributed by atoms with Crippen molar-refractivity contribution in [2.75, 3.05) is 0 Å². The molecule has 0 atom stereocenters. The van der Waals surface area contributed by atoms with Crippen LogP contribution in [0.15, 0.2) is 42.7 Å². The summed E-state index contributed by atoms with van der Waals surface area (Å²) < 4.78 is 1.74. The van der Waals surface area contributed by atoms with Crippen molar-refractivity contribution >= 4 is 0 Å². The van der Waals surface area contributed by atoms with Crippen LogP contribution in [0.5, 0.6) is 0 Å². The molecule has 13 heavy (non-hydrogen) atoms. The number of aliphatic hydroxyl groups excluding tert-OH is 1. The monoisotopic (exact) mass is 174 g/mol. The van der Waals surface area contributed by atoms with E-state index in [-0.39, 0.29) is 6.61 Å². The number of hydrogen-bond donors (Lipinski definition) is 1. The summed E-state index contributed by atoms with van der Waals surface area (Å²) >= 11 is 0. The second-order valence-corrected chi connectivity index (χ2v) is 2.74. The SMILES string of the molecule is OCc1ccccc1-n1cccn1. The van der Waals surface area contributed by atoms with Gasteiger partial charge in [-0.05, 0) is 12.1 Å². The first kappa shape index (κ1) is 8.01. The Bertz CT molecular complexity index is 382. The molecule has 0 fully saturated rings. The number of nitrogens with zero attached hydrogens (tertiary/aromatic N) is 2. The second kappa shape index (κ2) is 3.41. The minimum absolute atomic E-state index is 0.0377. The van der Waals surface area contributed by atoms with E-state index in [1.165, 1.54) is 0 Å². The number of aliphatic hydroxyl groups is 1. The normalized spacial score (nSPS) is 10.2. The lowest BCUT2D eigenvalue weighted by atomic mass is 10.2. The minimum Gasteiger partial charge on any atom is -0.392 e. The molecular formula is C10H10N2O. The van der Waals surface area contributed by atoms with Crippen LogP contribution in [0.1, 0.15) is 5.56 Å². The maximum atomic E-state index is 9.08. The Kier molecular flexibility index (Phi) is 2.10. The predicted molar refractivity (Wildman–Crippen MR) is 49.5 cm³/mol. The van der Waals surface area contributed by atoms with Crippen LogP contribution < -0.4 is 0 Å². The Morgan fingerprint density at radius 3 is 2.77 bits per heavy atom. The molecule has 0 saturated heterocycles. The Morgan fingerprint density at radius 1 is 1.23 bits per heavy atom. The van der Waals surface area contributed by atoms with Crippen LogP contribution in [0.25, 0.3) is 5.69 Å². The molecule has 66 valence electrons. The van der Waals surface area contributed by atoms with Gasteiger partial charge in [-0.25, -0.2) is 4.68 Å². The second-order valence-electron chi connectivity index (χ2n) is 2.74. The van der Waals surface area contributed by atoms with Gasteiger partial charge in [0.05, 0.1) is 12.3 Å². The summed E-state index contributed by atoms with van der Waals surface area (Å²) in [6.07, 6.45) is 3.57. The van der Waals surface area contributed by atoms with Crippen LogP contribution >= 0.6 is 0 Å². The third-order valence-corrected chi connectivity index (χ3v) is 1.91. The molecule has 2 aromatic rings. The van der Waals surface area contributed by atoms with Crippen LogP contribution in [0, 0.1) is 0 Å². The summed E-state index contributed by atoms with van der Waals surface area (Å²) in [7, 11) is 0. The van der Waals surface area contributed by atoms with Gasteiger partial charge in [-0.2, -0.15) is 5.10 Å². The fourth-order valence-electron chi connectivity index (χ4n) is 1.28. The molecule has 0 unspecified atom stereocenters. The Hall–Kier alpha value is -1.61. The largest absolute Gasteiger partial charge is 0.392 e. The van der Waals surface area contributed by atoms with Crippen LogP contribution in [-0.4, -0.2) is 14.9 Å². The number of rotatable bonds is 2. The van der Waals surface area contributed by atoms with Gasteiger partial charge in [0.2, 0.25) is 0 Å². The molecule has 3 nitrogen and oxygen atoms in total. The third kappa shape index (κ3) is 1.46. The average Bonchev–Trinajstić information content (AvgIpc) is 2.70. The van der Waals surface area contributed by atoms with E-state index in [1.807, 2.05) is 36.5 Å². The quantitative estimate of drug-likeness (QED) is 0.746. The van der Waals surface area contributed by atoms with E-state index in [2.05, 4.69) is 5.10 Å². The zero-order valence-electron chi connectivity index (χ0n) is 7.09. The molecule has 0 aliphatic carbocycles. The molecule has 0 amide bonds. The van der Waals surface area contributed by atoms with Gasteiger partial charge in [0, 0.05) is 18.0 Å².